The third kappa shape index (κ3) is 4.99. The highest BCUT2D eigenvalue weighted by Gasteiger charge is 2.27. The van der Waals surface area contributed by atoms with Gasteiger partial charge in [-0.15, -0.1) is 0 Å². The van der Waals surface area contributed by atoms with E-state index in [4.69, 9.17) is 0 Å². The number of hydrogen-bond donors (Lipinski definition) is 1. The van der Waals surface area contributed by atoms with Crippen LogP contribution in [-0.2, 0) is 4.79 Å². The Labute approximate surface area is 113 Å². The van der Waals surface area contributed by atoms with Crippen LogP contribution in [0.3, 0.4) is 0 Å². The Morgan fingerprint density at radius 2 is 1.89 bits per heavy atom. The van der Waals surface area contributed by atoms with E-state index in [9.17, 15) is 4.79 Å². The first-order valence-electron chi connectivity index (χ1n) is 7.76. The molecule has 1 atom stereocenters. The molecule has 2 nitrogen and oxygen atoms in total. The van der Waals surface area contributed by atoms with Crippen molar-refractivity contribution < 1.29 is 4.79 Å². The number of nitrogens with one attached hydrogen (secondary N) is 1. The minimum Gasteiger partial charge on any atom is -0.356 e. The maximum absolute atomic E-state index is 12.0. The van der Waals surface area contributed by atoms with E-state index in [2.05, 4.69) is 33.0 Å². The fourth-order valence-corrected chi connectivity index (χ4v) is 2.92. The molecule has 1 unspecified atom stereocenters. The van der Waals surface area contributed by atoms with Crippen LogP contribution >= 0.6 is 0 Å². The highest BCUT2D eigenvalue weighted by Crippen LogP contribution is 2.37. The molecule has 0 heterocycles. The van der Waals surface area contributed by atoms with E-state index in [1.807, 2.05) is 0 Å². The average molecular weight is 253 g/mol. The van der Waals surface area contributed by atoms with E-state index in [1.54, 1.807) is 0 Å². The normalized spacial score (nSPS) is 21.6. The SMILES string of the molecule is CCCC(CC)C(=O)NCC1CCC(C)(C)CC1. The van der Waals surface area contributed by atoms with Crippen LogP contribution in [0, 0.1) is 17.3 Å². The van der Waals surface area contributed by atoms with Crippen molar-refractivity contribution in [3.8, 4) is 0 Å². The van der Waals surface area contributed by atoms with Crippen LogP contribution in [0.25, 0.3) is 0 Å². The van der Waals surface area contributed by atoms with Gasteiger partial charge in [-0.2, -0.15) is 0 Å². The molecule has 106 valence electrons. The summed E-state index contributed by atoms with van der Waals surface area (Å²) in [4.78, 5) is 12.0. The molecule has 1 saturated carbocycles. The van der Waals surface area contributed by atoms with Crippen LogP contribution in [0.15, 0.2) is 0 Å². The third-order valence-corrected chi connectivity index (χ3v) is 4.52. The summed E-state index contributed by atoms with van der Waals surface area (Å²) in [6, 6.07) is 0. The Morgan fingerprint density at radius 1 is 1.28 bits per heavy atom. The van der Waals surface area contributed by atoms with Crippen molar-refractivity contribution >= 4 is 5.91 Å². The second kappa shape index (κ2) is 7.16. The van der Waals surface area contributed by atoms with Gasteiger partial charge in [-0.05, 0) is 49.9 Å². The zero-order valence-corrected chi connectivity index (χ0v) is 12.7. The molecule has 1 fully saturated rings. The minimum atomic E-state index is 0.232. The molecule has 0 bridgehead atoms. The molecule has 18 heavy (non-hydrogen) atoms. The maximum atomic E-state index is 12.0. The topological polar surface area (TPSA) is 29.1 Å². The van der Waals surface area contributed by atoms with Crippen molar-refractivity contribution in [1.29, 1.82) is 0 Å². The minimum absolute atomic E-state index is 0.232. The van der Waals surface area contributed by atoms with Gasteiger partial charge in [-0.25, -0.2) is 0 Å². The summed E-state index contributed by atoms with van der Waals surface area (Å²) in [5.41, 5.74) is 0.522. The molecule has 0 aromatic rings. The summed E-state index contributed by atoms with van der Waals surface area (Å²) in [5.74, 6) is 1.22. The summed E-state index contributed by atoms with van der Waals surface area (Å²) in [6.45, 7) is 9.88. The van der Waals surface area contributed by atoms with Gasteiger partial charge in [0.15, 0.2) is 0 Å². The molecule has 1 N–H and O–H groups in total. The molecule has 1 aliphatic rings. The van der Waals surface area contributed by atoms with Crippen molar-refractivity contribution in [3.63, 3.8) is 0 Å². The second-order valence-electron chi connectivity index (χ2n) is 6.75. The highest BCUT2D eigenvalue weighted by molar-refractivity contribution is 5.78. The molecule has 1 rings (SSSR count). The predicted molar refractivity (Wildman–Crippen MR) is 77.4 cm³/mol. The Balaban J connectivity index is 2.26. The van der Waals surface area contributed by atoms with E-state index >= 15 is 0 Å². The van der Waals surface area contributed by atoms with Gasteiger partial charge in [0, 0.05) is 12.5 Å². The van der Waals surface area contributed by atoms with Gasteiger partial charge < -0.3 is 5.32 Å². The van der Waals surface area contributed by atoms with E-state index in [1.165, 1.54) is 25.7 Å². The van der Waals surface area contributed by atoms with Crippen molar-refractivity contribution in [2.75, 3.05) is 6.54 Å². The van der Waals surface area contributed by atoms with Crippen LogP contribution in [0.5, 0.6) is 0 Å². The van der Waals surface area contributed by atoms with Crippen molar-refractivity contribution in [2.24, 2.45) is 17.3 Å². The van der Waals surface area contributed by atoms with E-state index < -0.39 is 0 Å². The monoisotopic (exact) mass is 253 g/mol. The molecule has 0 saturated heterocycles. The molecule has 2 heteroatoms. The van der Waals surface area contributed by atoms with Crippen LogP contribution in [-0.4, -0.2) is 12.5 Å². The first kappa shape index (κ1) is 15.5. The van der Waals surface area contributed by atoms with Crippen molar-refractivity contribution in [2.45, 2.75) is 72.6 Å². The van der Waals surface area contributed by atoms with Crippen LogP contribution in [0.2, 0.25) is 0 Å². The summed E-state index contributed by atoms with van der Waals surface area (Å²) >= 11 is 0. The van der Waals surface area contributed by atoms with Crippen LogP contribution in [0.4, 0.5) is 0 Å². The van der Waals surface area contributed by atoms with Gasteiger partial charge in [0.2, 0.25) is 5.91 Å². The van der Waals surface area contributed by atoms with E-state index in [0.29, 0.717) is 11.3 Å². The van der Waals surface area contributed by atoms with Crippen molar-refractivity contribution in [3.05, 3.63) is 0 Å². The quantitative estimate of drug-likeness (QED) is 0.757. The standard InChI is InChI=1S/C16H31NO/c1-5-7-14(6-2)15(18)17-12-13-8-10-16(3,4)11-9-13/h13-14H,5-12H2,1-4H3,(H,17,18). The number of rotatable bonds is 6. The summed E-state index contributed by atoms with van der Waals surface area (Å²) < 4.78 is 0. The molecular formula is C16H31NO. The molecule has 0 spiro atoms. The lowest BCUT2D eigenvalue weighted by Gasteiger charge is -2.34. The molecular weight excluding hydrogens is 222 g/mol. The maximum Gasteiger partial charge on any atom is 0.223 e. The van der Waals surface area contributed by atoms with Gasteiger partial charge in [0.1, 0.15) is 0 Å². The number of carbonyl (C=O) groups is 1. The summed E-state index contributed by atoms with van der Waals surface area (Å²) in [7, 11) is 0. The Morgan fingerprint density at radius 3 is 2.39 bits per heavy atom. The Kier molecular flexibility index (Phi) is 6.17. The summed E-state index contributed by atoms with van der Waals surface area (Å²) in [6.07, 6.45) is 8.26. The lowest BCUT2D eigenvalue weighted by atomic mass is 9.73. The van der Waals surface area contributed by atoms with Crippen LogP contribution < -0.4 is 5.32 Å². The zero-order chi connectivity index (χ0) is 13.6. The van der Waals surface area contributed by atoms with Gasteiger partial charge in [-0.3, -0.25) is 4.79 Å². The Bertz CT molecular complexity index is 250. The third-order valence-electron chi connectivity index (χ3n) is 4.52. The van der Waals surface area contributed by atoms with Crippen molar-refractivity contribution in [1.82, 2.24) is 5.32 Å². The number of carbonyl (C=O) groups excluding carboxylic acids is 1. The highest BCUT2D eigenvalue weighted by atomic mass is 16.1. The first-order chi connectivity index (χ1) is 8.48. The molecule has 1 amide bonds. The summed E-state index contributed by atoms with van der Waals surface area (Å²) in [5, 5.41) is 3.18. The van der Waals surface area contributed by atoms with Gasteiger partial charge in [0.25, 0.3) is 0 Å². The average Bonchev–Trinajstić information content (AvgIpc) is 2.34. The largest absolute Gasteiger partial charge is 0.356 e. The van der Waals surface area contributed by atoms with Crippen LogP contribution in [0.1, 0.15) is 72.6 Å². The van der Waals surface area contributed by atoms with E-state index in [-0.39, 0.29) is 11.8 Å². The Hall–Kier alpha value is -0.530. The van der Waals surface area contributed by atoms with Gasteiger partial charge in [-0.1, -0.05) is 34.1 Å². The fraction of sp³-hybridized carbons (Fsp3) is 0.938. The van der Waals surface area contributed by atoms with Gasteiger partial charge >= 0.3 is 0 Å². The smallest absolute Gasteiger partial charge is 0.223 e. The molecule has 1 aliphatic carbocycles. The lowest BCUT2D eigenvalue weighted by molar-refractivity contribution is -0.125. The predicted octanol–water partition coefficient (Wildman–Crippen LogP) is 4.15. The fourth-order valence-electron chi connectivity index (χ4n) is 2.92. The number of amides is 1. The molecule has 0 aromatic heterocycles. The lowest BCUT2D eigenvalue weighted by Crippen LogP contribution is -2.36. The molecule has 0 aliphatic heterocycles. The molecule has 0 aromatic carbocycles. The molecule has 0 radical (unpaired) electrons. The van der Waals surface area contributed by atoms with E-state index in [0.717, 1.165) is 25.8 Å². The second-order valence-corrected chi connectivity index (χ2v) is 6.75. The number of hydrogen-bond acceptors (Lipinski definition) is 1. The van der Waals surface area contributed by atoms with Gasteiger partial charge in [0.05, 0.1) is 0 Å². The zero-order valence-electron chi connectivity index (χ0n) is 12.7. The first-order valence-corrected chi connectivity index (χ1v) is 7.76.